The molecule has 1 aromatic heterocycles. The third-order valence-electron chi connectivity index (χ3n) is 3.44. The first-order valence-electron chi connectivity index (χ1n) is 5.99. The summed E-state index contributed by atoms with van der Waals surface area (Å²) in [4.78, 5) is 4.41. The maximum atomic E-state index is 5.72. The first-order chi connectivity index (χ1) is 8.04. The third-order valence-corrected chi connectivity index (χ3v) is 3.44. The Morgan fingerprint density at radius 1 is 1.41 bits per heavy atom. The molecule has 1 heterocycles. The lowest BCUT2D eigenvalue weighted by atomic mass is 9.99. The molecule has 0 saturated heterocycles. The Morgan fingerprint density at radius 2 is 2.18 bits per heavy atom. The molecule has 0 spiro atoms. The van der Waals surface area contributed by atoms with Gasteiger partial charge in [0.2, 0.25) is 0 Å². The summed E-state index contributed by atoms with van der Waals surface area (Å²) in [5.41, 5.74) is 8.05. The van der Waals surface area contributed by atoms with Crippen LogP contribution in [0.4, 0.5) is 11.7 Å². The first-order valence-corrected chi connectivity index (χ1v) is 5.99. The standard InChI is InChI=1S/C13H17N3O/c1-13(2,8-3-4-8)16-12-15-10-7-9(14)5-6-11(10)17-12/h5-8H,3-4,14H2,1-2H3,(H,15,16). The van der Waals surface area contributed by atoms with Crippen molar-refractivity contribution >= 4 is 22.8 Å². The van der Waals surface area contributed by atoms with Crippen LogP contribution in [0.3, 0.4) is 0 Å². The molecule has 1 fully saturated rings. The van der Waals surface area contributed by atoms with Crippen LogP contribution in [-0.2, 0) is 0 Å². The van der Waals surface area contributed by atoms with Gasteiger partial charge >= 0.3 is 0 Å². The van der Waals surface area contributed by atoms with Gasteiger partial charge in [-0.05, 0) is 50.8 Å². The van der Waals surface area contributed by atoms with E-state index in [2.05, 4.69) is 24.1 Å². The van der Waals surface area contributed by atoms with Crippen LogP contribution < -0.4 is 11.1 Å². The Balaban J connectivity index is 1.90. The molecule has 0 radical (unpaired) electrons. The van der Waals surface area contributed by atoms with Gasteiger partial charge in [-0.1, -0.05) is 0 Å². The number of anilines is 2. The van der Waals surface area contributed by atoms with Crippen molar-refractivity contribution in [1.29, 1.82) is 0 Å². The third kappa shape index (κ3) is 1.95. The molecule has 90 valence electrons. The van der Waals surface area contributed by atoms with E-state index in [4.69, 9.17) is 10.2 Å². The van der Waals surface area contributed by atoms with Gasteiger partial charge in [-0.2, -0.15) is 4.98 Å². The number of nitrogens with zero attached hydrogens (tertiary/aromatic N) is 1. The molecular formula is C13H17N3O. The molecule has 0 aliphatic heterocycles. The lowest BCUT2D eigenvalue weighted by Gasteiger charge is -2.24. The normalized spacial score (nSPS) is 16.4. The van der Waals surface area contributed by atoms with Gasteiger partial charge < -0.3 is 15.5 Å². The van der Waals surface area contributed by atoms with Crippen LogP contribution in [0.2, 0.25) is 0 Å². The van der Waals surface area contributed by atoms with Crippen molar-refractivity contribution in [3.8, 4) is 0 Å². The number of hydrogen-bond donors (Lipinski definition) is 2. The van der Waals surface area contributed by atoms with Gasteiger partial charge in [0.15, 0.2) is 5.58 Å². The minimum atomic E-state index is 0.0480. The van der Waals surface area contributed by atoms with Crippen LogP contribution in [0.1, 0.15) is 26.7 Å². The number of hydrogen-bond acceptors (Lipinski definition) is 4. The van der Waals surface area contributed by atoms with E-state index in [-0.39, 0.29) is 5.54 Å². The van der Waals surface area contributed by atoms with E-state index < -0.39 is 0 Å². The van der Waals surface area contributed by atoms with E-state index in [1.165, 1.54) is 12.8 Å². The van der Waals surface area contributed by atoms with Crippen LogP contribution in [0.25, 0.3) is 11.1 Å². The number of aromatic nitrogens is 1. The zero-order chi connectivity index (χ0) is 12.0. The Hall–Kier alpha value is -1.71. The van der Waals surface area contributed by atoms with Crippen LogP contribution in [0.15, 0.2) is 22.6 Å². The van der Waals surface area contributed by atoms with E-state index in [0.717, 1.165) is 17.0 Å². The van der Waals surface area contributed by atoms with E-state index in [9.17, 15) is 0 Å². The highest BCUT2D eigenvalue weighted by Crippen LogP contribution is 2.41. The maximum absolute atomic E-state index is 5.72. The Morgan fingerprint density at radius 3 is 2.88 bits per heavy atom. The molecule has 0 atom stereocenters. The second-order valence-corrected chi connectivity index (χ2v) is 5.37. The Kier molecular flexibility index (Phi) is 2.08. The number of rotatable bonds is 3. The minimum absolute atomic E-state index is 0.0480. The van der Waals surface area contributed by atoms with Crippen molar-refractivity contribution in [2.24, 2.45) is 5.92 Å². The number of nitrogen functional groups attached to an aromatic ring is 1. The van der Waals surface area contributed by atoms with Gasteiger partial charge in [0.25, 0.3) is 6.01 Å². The van der Waals surface area contributed by atoms with Gasteiger partial charge in [0, 0.05) is 11.2 Å². The van der Waals surface area contributed by atoms with Crippen molar-refractivity contribution in [2.45, 2.75) is 32.2 Å². The predicted molar refractivity (Wildman–Crippen MR) is 68.8 cm³/mol. The number of nitrogens with one attached hydrogen (secondary N) is 1. The number of oxazole rings is 1. The predicted octanol–water partition coefficient (Wildman–Crippen LogP) is 3.01. The average Bonchev–Trinajstić information content (AvgIpc) is 3.01. The second-order valence-electron chi connectivity index (χ2n) is 5.37. The summed E-state index contributed by atoms with van der Waals surface area (Å²) < 4.78 is 5.66. The SMILES string of the molecule is CC(C)(Nc1nc2cc(N)ccc2o1)C1CC1. The van der Waals surface area contributed by atoms with Crippen LogP contribution in [-0.4, -0.2) is 10.5 Å². The van der Waals surface area contributed by atoms with Crippen molar-refractivity contribution in [1.82, 2.24) is 4.98 Å². The zero-order valence-corrected chi connectivity index (χ0v) is 10.2. The molecule has 1 aliphatic carbocycles. The minimum Gasteiger partial charge on any atom is -0.424 e. The molecule has 0 amide bonds. The summed E-state index contributed by atoms with van der Waals surface area (Å²) >= 11 is 0. The molecule has 17 heavy (non-hydrogen) atoms. The molecule has 4 nitrogen and oxygen atoms in total. The topological polar surface area (TPSA) is 64.1 Å². The first kappa shape index (κ1) is 10.4. The number of fused-ring (bicyclic) bond motifs is 1. The number of benzene rings is 1. The van der Waals surface area contributed by atoms with Crippen LogP contribution in [0, 0.1) is 5.92 Å². The van der Waals surface area contributed by atoms with Crippen LogP contribution >= 0.6 is 0 Å². The molecule has 0 unspecified atom stereocenters. The molecule has 1 aliphatic rings. The summed E-state index contributed by atoms with van der Waals surface area (Å²) in [6, 6.07) is 6.09. The monoisotopic (exact) mass is 231 g/mol. The van der Waals surface area contributed by atoms with Crippen molar-refractivity contribution in [2.75, 3.05) is 11.1 Å². The van der Waals surface area contributed by atoms with Gasteiger partial charge in [-0.25, -0.2) is 0 Å². The van der Waals surface area contributed by atoms with E-state index >= 15 is 0 Å². The molecule has 3 rings (SSSR count). The average molecular weight is 231 g/mol. The van der Waals surface area contributed by atoms with E-state index in [1.54, 1.807) is 0 Å². The molecule has 1 saturated carbocycles. The summed E-state index contributed by atoms with van der Waals surface area (Å²) in [6.45, 7) is 4.38. The summed E-state index contributed by atoms with van der Waals surface area (Å²) in [5, 5.41) is 3.37. The van der Waals surface area contributed by atoms with E-state index in [0.29, 0.717) is 11.7 Å². The molecular weight excluding hydrogens is 214 g/mol. The molecule has 2 aromatic rings. The molecule has 3 N–H and O–H groups in total. The fraction of sp³-hybridized carbons (Fsp3) is 0.462. The highest BCUT2D eigenvalue weighted by atomic mass is 16.4. The van der Waals surface area contributed by atoms with E-state index in [1.807, 2.05) is 18.2 Å². The second kappa shape index (κ2) is 3.39. The maximum Gasteiger partial charge on any atom is 0.296 e. The molecule has 4 heteroatoms. The van der Waals surface area contributed by atoms with Crippen molar-refractivity contribution in [3.63, 3.8) is 0 Å². The van der Waals surface area contributed by atoms with Crippen LogP contribution in [0.5, 0.6) is 0 Å². The van der Waals surface area contributed by atoms with Crippen molar-refractivity contribution in [3.05, 3.63) is 18.2 Å². The Bertz CT molecular complexity index is 555. The summed E-state index contributed by atoms with van der Waals surface area (Å²) in [5.74, 6) is 0.725. The van der Waals surface area contributed by atoms with Crippen molar-refractivity contribution < 1.29 is 4.42 Å². The highest BCUT2D eigenvalue weighted by molar-refractivity contribution is 5.78. The largest absolute Gasteiger partial charge is 0.424 e. The van der Waals surface area contributed by atoms with Gasteiger partial charge in [-0.15, -0.1) is 0 Å². The highest BCUT2D eigenvalue weighted by Gasteiger charge is 2.38. The number of nitrogens with two attached hydrogens (primary N) is 1. The molecule has 0 bridgehead atoms. The fourth-order valence-electron chi connectivity index (χ4n) is 2.18. The van der Waals surface area contributed by atoms with Gasteiger partial charge in [0.1, 0.15) is 5.52 Å². The fourth-order valence-corrected chi connectivity index (χ4v) is 2.18. The molecule has 1 aromatic carbocycles. The summed E-state index contributed by atoms with van der Waals surface area (Å²) in [6.07, 6.45) is 2.57. The van der Waals surface area contributed by atoms with Gasteiger partial charge in [0.05, 0.1) is 0 Å². The quantitative estimate of drug-likeness (QED) is 0.797. The summed E-state index contributed by atoms with van der Waals surface area (Å²) in [7, 11) is 0. The lowest BCUT2D eigenvalue weighted by Crippen LogP contribution is -2.33. The zero-order valence-electron chi connectivity index (χ0n) is 10.2. The lowest BCUT2D eigenvalue weighted by molar-refractivity contribution is 0.468. The van der Waals surface area contributed by atoms with Gasteiger partial charge in [-0.3, -0.25) is 0 Å². The smallest absolute Gasteiger partial charge is 0.296 e. The Labute approximate surface area is 100 Å².